The van der Waals surface area contributed by atoms with E-state index in [0.717, 1.165) is 17.8 Å². The van der Waals surface area contributed by atoms with Gasteiger partial charge in [-0.25, -0.2) is 4.39 Å². The second-order valence-electron chi connectivity index (χ2n) is 4.06. The van der Waals surface area contributed by atoms with Crippen LogP contribution in [0.15, 0.2) is 42.7 Å². The van der Waals surface area contributed by atoms with E-state index in [0.29, 0.717) is 6.54 Å². The first kappa shape index (κ1) is 12.6. The molecule has 94 valence electrons. The molecule has 0 amide bonds. The van der Waals surface area contributed by atoms with E-state index in [9.17, 15) is 4.39 Å². The zero-order valence-electron chi connectivity index (χ0n) is 10.3. The maximum atomic E-state index is 12.8. The SMILES string of the molecule is CCC(NCc1ccccn1)c1ccc(F)cn1. The van der Waals surface area contributed by atoms with Gasteiger partial charge < -0.3 is 5.32 Å². The Kier molecular flexibility index (Phi) is 4.36. The first-order valence-electron chi connectivity index (χ1n) is 6.04. The summed E-state index contributed by atoms with van der Waals surface area (Å²) in [6.45, 7) is 2.75. The van der Waals surface area contributed by atoms with Crippen LogP contribution in [0.4, 0.5) is 4.39 Å². The van der Waals surface area contributed by atoms with Crippen LogP contribution >= 0.6 is 0 Å². The van der Waals surface area contributed by atoms with Gasteiger partial charge >= 0.3 is 0 Å². The predicted molar refractivity (Wildman–Crippen MR) is 68.3 cm³/mol. The van der Waals surface area contributed by atoms with Gasteiger partial charge in [0.05, 0.1) is 17.6 Å². The Morgan fingerprint density at radius 3 is 2.72 bits per heavy atom. The van der Waals surface area contributed by atoms with E-state index in [4.69, 9.17) is 0 Å². The van der Waals surface area contributed by atoms with Gasteiger partial charge in [0, 0.05) is 18.8 Å². The zero-order valence-corrected chi connectivity index (χ0v) is 10.3. The lowest BCUT2D eigenvalue weighted by molar-refractivity contribution is 0.500. The lowest BCUT2D eigenvalue weighted by atomic mass is 10.1. The maximum absolute atomic E-state index is 12.8. The van der Waals surface area contributed by atoms with Gasteiger partial charge in [-0.05, 0) is 30.7 Å². The van der Waals surface area contributed by atoms with Crippen molar-refractivity contribution in [3.05, 3.63) is 59.9 Å². The fourth-order valence-electron chi connectivity index (χ4n) is 1.78. The summed E-state index contributed by atoms with van der Waals surface area (Å²) in [4.78, 5) is 8.35. The Balaban J connectivity index is 1.99. The molecule has 0 aliphatic rings. The van der Waals surface area contributed by atoms with Gasteiger partial charge in [-0.1, -0.05) is 13.0 Å². The van der Waals surface area contributed by atoms with E-state index in [1.165, 1.54) is 12.3 Å². The number of nitrogens with zero attached hydrogens (tertiary/aromatic N) is 2. The molecule has 0 aliphatic carbocycles. The van der Waals surface area contributed by atoms with E-state index < -0.39 is 0 Å². The summed E-state index contributed by atoms with van der Waals surface area (Å²) >= 11 is 0. The molecule has 2 heterocycles. The minimum absolute atomic E-state index is 0.118. The molecule has 0 aromatic carbocycles. The first-order valence-corrected chi connectivity index (χ1v) is 6.04. The van der Waals surface area contributed by atoms with Crippen molar-refractivity contribution in [1.29, 1.82) is 0 Å². The van der Waals surface area contributed by atoms with Crippen molar-refractivity contribution in [2.45, 2.75) is 25.9 Å². The van der Waals surface area contributed by atoms with E-state index in [-0.39, 0.29) is 11.9 Å². The second-order valence-corrected chi connectivity index (χ2v) is 4.06. The largest absolute Gasteiger partial charge is 0.303 e. The number of rotatable bonds is 5. The third kappa shape index (κ3) is 3.34. The predicted octanol–water partition coefficient (Wildman–Crippen LogP) is 2.86. The smallest absolute Gasteiger partial charge is 0.141 e. The van der Waals surface area contributed by atoms with Gasteiger partial charge in [0.15, 0.2) is 0 Å². The normalized spacial score (nSPS) is 12.3. The number of hydrogen-bond acceptors (Lipinski definition) is 3. The number of nitrogens with one attached hydrogen (secondary N) is 1. The highest BCUT2D eigenvalue weighted by atomic mass is 19.1. The van der Waals surface area contributed by atoms with E-state index >= 15 is 0 Å². The number of hydrogen-bond donors (Lipinski definition) is 1. The molecule has 2 aromatic rings. The molecule has 1 N–H and O–H groups in total. The van der Waals surface area contributed by atoms with E-state index in [2.05, 4.69) is 22.2 Å². The molecule has 1 atom stereocenters. The zero-order chi connectivity index (χ0) is 12.8. The van der Waals surface area contributed by atoms with Crippen molar-refractivity contribution in [1.82, 2.24) is 15.3 Å². The van der Waals surface area contributed by atoms with Gasteiger partial charge in [-0.15, -0.1) is 0 Å². The van der Waals surface area contributed by atoms with E-state index in [1.807, 2.05) is 18.2 Å². The number of halogens is 1. The van der Waals surface area contributed by atoms with Crippen LogP contribution in [0.25, 0.3) is 0 Å². The monoisotopic (exact) mass is 245 g/mol. The summed E-state index contributed by atoms with van der Waals surface area (Å²) in [5.41, 5.74) is 1.84. The summed E-state index contributed by atoms with van der Waals surface area (Å²) in [5.74, 6) is -0.307. The van der Waals surface area contributed by atoms with Crippen LogP contribution in [-0.2, 0) is 6.54 Å². The molecule has 2 rings (SSSR count). The minimum atomic E-state index is -0.307. The highest BCUT2D eigenvalue weighted by Gasteiger charge is 2.10. The first-order chi connectivity index (χ1) is 8.79. The summed E-state index contributed by atoms with van der Waals surface area (Å²) in [7, 11) is 0. The maximum Gasteiger partial charge on any atom is 0.141 e. The Morgan fingerprint density at radius 1 is 1.22 bits per heavy atom. The quantitative estimate of drug-likeness (QED) is 0.880. The third-order valence-electron chi connectivity index (χ3n) is 2.77. The van der Waals surface area contributed by atoms with Crippen molar-refractivity contribution in [2.24, 2.45) is 0 Å². The van der Waals surface area contributed by atoms with Crippen LogP contribution in [-0.4, -0.2) is 9.97 Å². The molecule has 0 saturated carbocycles. The van der Waals surface area contributed by atoms with Crippen LogP contribution in [0.1, 0.15) is 30.8 Å². The lowest BCUT2D eigenvalue weighted by Gasteiger charge is -2.16. The molecule has 0 spiro atoms. The summed E-state index contributed by atoms with van der Waals surface area (Å²) in [6.07, 6.45) is 3.92. The van der Waals surface area contributed by atoms with Gasteiger partial charge in [0.1, 0.15) is 5.82 Å². The van der Waals surface area contributed by atoms with Gasteiger partial charge in [0.25, 0.3) is 0 Å². The van der Waals surface area contributed by atoms with Crippen molar-refractivity contribution in [3.63, 3.8) is 0 Å². The number of aromatic nitrogens is 2. The molecule has 0 radical (unpaired) electrons. The highest BCUT2D eigenvalue weighted by molar-refractivity contribution is 5.10. The van der Waals surface area contributed by atoms with E-state index in [1.54, 1.807) is 12.3 Å². The molecule has 1 unspecified atom stereocenters. The average Bonchev–Trinajstić information content (AvgIpc) is 2.42. The summed E-state index contributed by atoms with van der Waals surface area (Å²) in [5, 5.41) is 3.37. The molecule has 0 bridgehead atoms. The molecule has 3 nitrogen and oxygen atoms in total. The van der Waals surface area contributed by atoms with Crippen LogP contribution in [0.3, 0.4) is 0 Å². The molecule has 0 saturated heterocycles. The highest BCUT2D eigenvalue weighted by Crippen LogP contribution is 2.14. The fraction of sp³-hybridized carbons (Fsp3) is 0.286. The summed E-state index contributed by atoms with van der Waals surface area (Å²) in [6, 6.07) is 9.09. The lowest BCUT2D eigenvalue weighted by Crippen LogP contribution is -2.21. The van der Waals surface area contributed by atoms with Crippen molar-refractivity contribution in [2.75, 3.05) is 0 Å². The fourth-order valence-corrected chi connectivity index (χ4v) is 1.78. The Hall–Kier alpha value is -1.81. The van der Waals surface area contributed by atoms with Crippen LogP contribution in [0.5, 0.6) is 0 Å². The molecular formula is C14H16FN3. The third-order valence-corrected chi connectivity index (χ3v) is 2.77. The Bertz CT molecular complexity index is 470. The van der Waals surface area contributed by atoms with Crippen molar-refractivity contribution >= 4 is 0 Å². The Labute approximate surface area is 106 Å². The van der Waals surface area contributed by atoms with Crippen LogP contribution < -0.4 is 5.32 Å². The van der Waals surface area contributed by atoms with Crippen LogP contribution in [0.2, 0.25) is 0 Å². The summed E-state index contributed by atoms with van der Waals surface area (Å²) < 4.78 is 12.8. The van der Waals surface area contributed by atoms with Crippen molar-refractivity contribution < 1.29 is 4.39 Å². The minimum Gasteiger partial charge on any atom is -0.303 e. The Morgan fingerprint density at radius 2 is 2.11 bits per heavy atom. The standard InChI is InChI=1S/C14H16FN3/c1-2-13(14-7-6-11(15)9-17-14)18-10-12-5-3-4-8-16-12/h3-9,13,18H,2,10H2,1H3. The van der Waals surface area contributed by atoms with Crippen molar-refractivity contribution in [3.8, 4) is 0 Å². The molecular weight excluding hydrogens is 229 g/mol. The van der Waals surface area contributed by atoms with Crippen LogP contribution in [0, 0.1) is 5.82 Å². The second kappa shape index (κ2) is 6.21. The topological polar surface area (TPSA) is 37.8 Å². The van der Waals surface area contributed by atoms with Gasteiger partial charge in [-0.3, -0.25) is 9.97 Å². The molecule has 2 aromatic heterocycles. The molecule has 18 heavy (non-hydrogen) atoms. The van der Waals surface area contributed by atoms with Gasteiger partial charge in [0.2, 0.25) is 0 Å². The molecule has 0 aliphatic heterocycles. The molecule has 0 fully saturated rings. The number of pyridine rings is 2. The average molecular weight is 245 g/mol. The van der Waals surface area contributed by atoms with Gasteiger partial charge in [-0.2, -0.15) is 0 Å². The molecule has 4 heteroatoms.